The summed E-state index contributed by atoms with van der Waals surface area (Å²) in [5, 5.41) is 31.5. The van der Waals surface area contributed by atoms with Gasteiger partial charge in [0.25, 0.3) is 0 Å². The predicted octanol–water partition coefficient (Wildman–Crippen LogP) is 11.2. The van der Waals surface area contributed by atoms with Crippen LogP contribution < -0.4 is 0 Å². The average molecular weight is 927 g/mol. The molecular formula is C58H70O10. The summed E-state index contributed by atoms with van der Waals surface area (Å²) >= 11 is 0. The third-order valence-corrected chi connectivity index (χ3v) is 14.1. The van der Waals surface area contributed by atoms with Crippen LogP contribution in [0.1, 0.15) is 125 Å². The molecule has 2 aliphatic heterocycles. The summed E-state index contributed by atoms with van der Waals surface area (Å²) in [5.41, 5.74) is 3.41. The normalized spacial score (nSPS) is 26.9. The predicted molar refractivity (Wildman–Crippen MR) is 263 cm³/mol. The Morgan fingerprint density at radius 3 is 1.49 bits per heavy atom. The highest BCUT2D eigenvalue weighted by Crippen LogP contribution is 2.46. The summed E-state index contributed by atoms with van der Waals surface area (Å²) in [6.45, 7) is 7.90. The van der Waals surface area contributed by atoms with Crippen molar-refractivity contribution in [3.05, 3.63) is 145 Å². The van der Waals surface area contributed by atoms with E-state index in [1.165, 1.54) is 0 Å². The Morgan fingerprint density at radius 1 is 0.603 bits per heavy atom. The molecule has 362 valence electrons. The zero-order chi connectivity index (χ0) is 48.3. The van der Waals surface area contributed by atoms with E-state index in [0.29, 0.717) is 49.7 Å². The molecule has 3 N–H and O–H groups in total. The maximum atomic E-state index is 13.0. The van der Waals surface area contributed by atoms with Gasteiger partial charge in [-0.2, -0.15) is 0 Å². The quantitative estimate of drug-likeness (QED) is 0.0381. The molecule has 0 amide bonds. The fourth-order valence-corrected chi connectivity index (χ4v) is 10.3. The summed E-state index contributed by atoms with van der Waals surface area (Å²) in [4.78, 5) is 37.8. The minimum absolute atomic E-state index is 0.0338. The second-order valence-corrected chi connectivity index (χ2v) is 19.7. The SMILES string of the molecule is CCCCCC(C)(O)/C=C/[C@@H]1[C@H]2CC(=O)O[C@H]2C[C@H]1OC(=O)c1ccc(-c2ccccc2)cc1.CCCCCC(C)(O)/C=C/[C@@H]1[C@H]2CC(O)O[C@H]2C[C@H]1OC(=O)c1ccc(-c2ccccc2)cc1. The van der Waals surface area contributed by atoms with E-state index in [9.17, 15) is 29.7 Å². The zero-order valence-corrected chi connectivity index (χ0v) is 40.1. The number of hydrogen-bond donors (Lipinski definition) is 3. The van der Waals surface area contributed by atoms with Gasteiger partial charge in [0.2, 0.25) is 0 Å². The molecule has 10 nitrogen and oxygen atoms in total. The van der Waals surface area contributed by atoms with Crippen molar-refractivity contribution in [2.45, 2.75) is 147 Å². The number of aliphatic hydroxyl groups is 3. The minimum Gasteiger partial charge on any atom is -0.462 e. The highest BCUT2D eigenvalue weighted by atomic mass is 16.6. The second-order valence-electron chi connectivity index (χ2n) is 19.7. The van der Waals surface area contributed by atoms with Gasteiger partial charge in [0.05, 0.1) is 34.9 Å². The Kier molecular flexibility index (Phi) is 17.3. The summed E-state index contributed by atoms with van der Waals surface area (Å²) < 4.78 is 23.0. The van der Waals surface area contributed by atoms with E-state index in [-0.39, 0.29) is 59.9 Å². The number of aliphatic hydroxyl groups excluding tert-OH is 1. The van der Waals surface area contributed by atoms with E-state index in [1.54, 1.807) is 31.2 Å². The molecule has 3 unspecified atom stereocenters. The lowest BCUT2D eigenvalue weighted by Crippen LogP contribution is -2.27. The molecule has 10 heteroatoms. The first-order valence-electron chi connectivity index (χ1n) is 24.8. The smallest absolute Gasteiger partial charge is 0.338 e. The molecule has 0 bridgehead atoms. The van der Waals surface area contributed by atoms with Crippen LogP contribution in [0.3, 0.4) is 0 Å². The Morgan fingerprint density at radius 2 is 1.03 bits per heavy atom. The molecule has 2 saturated carbocycles. The van der Waals surface area contributed by atoms with E-state index in [2.05, 4.69) is 13.8 Å². The molecule has 8 rings (SSSR count). The van der Waals surface area contributed by atoms with Gasteiger partial charge in [-0.3, -0.25) is 4.79 Å². The fraction of sp³-hybridized carbons (Fsp3) is 0.466. The first-order valence-corrected chi connectivity index (χ1v) is 24.8. The van der Waals surface area contributed by atoms with Crippen LogP contribution in [0.2, 0.25) is 0 Å². The van der Waals surface area contributed by atoms with Gasteiger partial charge in [0, 0.05) is 37.0 Å². The lowest BCUT2D eigenvalue weighted by Gasteiger charge is -2.24. The summed E-state index contributed by atoms with van der Waals surface area (Å²) in [7, 11) is 0. The fourth-order valence-electron chi connectivity index (χ4n) is 10.3. The number of carbonyl (C=O) groups excluding carboxylic acids is 3. The molecular weight excluding hydrogens is 857 g/mol. The van der Waals surface area contributed by atoms with Crippen LogP contribution in [0.15, 0.2) is 133 Å². The molecule has 2 saturated heterocycles. The highest BCUT2D eigenvalue weighted by Gasteiger charge is 2.52. The maximum absolute atomic E-state index is 13.0. The topological polar surface area (TPSA) is 149 Å². The third-order valence-electron chi connectivity index (χ3n) is 14.1. The Hall–Kier alpha value is -5.39. The van der Waals surface area contributed by atoms with Gasteiger partial charge in [-0.25, -0.2) is 9.59 Å². The molecule has 0 aromatic heterocycles. The molecule has 2 aliphatic carbocycles. The van der Waals surface area contributed by atoms with Gasteiger partial charge < -0.3 is 34.3 Å². The number of esters is 3. The lowest BCUT2D eigenvalue weighted by molar-refractivity contribution is -0.141. The van der Waals surface area contributed by atoms with E-state index < -0.39 is 23.6 Å². The Balaban J connectivity index is 0.000000201. The number of unbranched alkanes of at least 4 members (excludes halogenated alkanes) is 4. The van der Waals surface area contributed by atoms with Crippen molar-refractivity contribution in [2.75, 3.05) is 0 Å². The average Bonchev–Trinajstić information content (AvgIpc) is 4.06. The Bertz CT molecular complexity index is 2300. The van der Waals surface area contributed by atoms with E-state index in [1.807, 2.05) is 116 Å². The van der Waals surface area contributed by atoms with Crippen molar-refractivity contribution in [1.29, 1.82) is 0 Å². The van der Waals surface area contributed by atoms with Crippen molar-refractivity contribution < 1.29 is 48.7 Å². The molecule has 0 spiro atoms. The van der Waals surface area contributed by atoms with Crippen LogP contribution in [0.5, 0.6) is 0 Å². The molecule has 2 heterocycles. The van der Waals surface area contributed by atoms with Crippen LogP contribution in [-0.2, 0) is 23.7 Å². The molecule has 11 atom stereocenters. The first-order chi connectivity index (χ1) is 32.7. The van der Waals surface area contributed by atoms with Crippen LogP contribution in [0.25, 0.3) is 22.3 Å². The number of carbonyl (C=O) groups is 3. The van der Waals surface area contributed by atoms with E-state index in [0.717, 1.165) is 60.8 Å². The van der Waals surface area contributed by atoms with Crippen LogP contribution in [-0.4, -0.2) is 75.1 Å². The largest absolute Gasteiger partial charge is 0.462 e. The first kappa shape index (κ1) is 50.5. The van der Waals surface area contributed by atoms with Gasteiger partial charge >= 0.3 is 17.9 Å². The Labute approximate surface area is 402 Å². The van der Waals surface area contributed by atoms with E-state index in [4.69, 9.17) is 18.9 Å². The number of benzene rings is 4. The molecule has 4 aromatic carbocycles. The van der Waals surface area contributed by atoms with Gasteiger partial charge in [0.15, 0.2) is 6.29 Å². The standard InChI is InChI=1S/C29H36O5.C29H34O5/c2*1-3-4-8-16-29(2,32)17-15-23-24-18-27(30)33-26(24)19-25(23)34-28(31)22-13-11-21(12-14-22)20-9-6-5-7-10-20/h5-7,9-15,17,23-27,30,32H,3-4,8,16,18-19H2,1-2H3;5-7,9-15,17,23-26,32H,3-4,8,16,18-19H2,1-2H3/b2*17-15+/t23-,24-,25-,26+,27?,29?;23-,24-,25-,26+,29?/m11/s1. The summed E-state index contributed by atoms with van der Waals surface area (Å²) in [5.74, 6) is -1.19. The third kappa shape index (κ3) is 13.4. The minimum atomic E-state index is -0.932. The maximum Gasteiger partial charge on any atom is 0.338 e. The molecule has 0 radical (unpaired) electrons. The zero-order valence-electron chi connectivity index (χ0n) is 40.1. The van der Waals surface area contributed by atoms with Gasteiger partial charge in [0.1, 0.15) is 18.3 Å². The van der Waals surface area contributed by atoms with Gasteiger partial charge in [-0.1, -0.05) is 162 Å². The van der Waals surface area contributed by atoms with Gasteiger partial charge in [-0.15, -0.1) is 0 Å². The van der Waals surface area contributed by atoms with Gasteiger partial charge in [-0.05, 0) is 79.1 Å². The van der Waals surface area contributed by atoms with Crippen LogP contribution in [0.4, 0.5) is 0 Å². The number of ether oxygens (including phenoxy) is 4. The number of hydrogen-bond acceptors (Lipinski definition) is 10. The van der Waals surface area contributed by atoms with Crippen molar-refractivity contribution >= 4 is 17.9 Å². The molecule has 4 aliphatic rings. The number of rotatable bonds is 18. The second kappa shape index (κ2) is 23.3. The van der Waals surface area contributed by atoms with Crippen molar-refractivity contribution in [3.63, 3.8) is 0 Å². The van der Waals surface area contributed by atoms with Crippen LogP contribution in [0, 0.1) is 23.7 Å². The summed E-state index contributed by atoms with van der Waals surface area (Å²) in [6, 6.07) is 34.9. The molecule has 4 aromatic rings. The number of fused-ring (bicyclic) bond motifs is 2. The highest BCUT2D eigenvalue weighted by molar-refractivity contribution is 5.91. The van der Waals surface area contributed by atoms with Crippen molar-refractivity contribution in [1.82, 2.24) is 0 Å². The van der Waals surface area contributed by atoms with E-state index >= 15 is 0 Å². The lowest BCUT2D eigenvalue weighted by atomic mass is 9.89. The molecule has 4 fully saturated rings. The monoisotopic (exact) mass is 926 g/mol. The molecule has 68 heavy (non-hydrogen) atoms. The summed E-state index contributed by atoms with van der Waals surface area (Å²) in [6.07, 6.45) is 15.1. The van der Waals surface area contributed by atoms with Crippen molar-refractivity contribution in [2.24, 2.45) is 23.7 Å². The van der Waals surface area contributed by atoms with Crippen LogP contribution >= 0.6 is 0 Å². The van der Waals surface area contributed by atoms with Crippen molar-refractivity contribution in [3.8, 4) is 22.3 Å².